The van der Waals surface area contributed by atoms with Gasteiger partial charge < -0.3 is 19.0 Å². The Morgan fingerprint density at radius 1 is 1.11 bits per heavy atom. The van der Waals surface area contributed by atoms with Gasteiger partial charge in [-0.3, -0.25) is 4.98 Å². The molecule has 1 aliphatic heterocycles. The number of rotatable bonds is 5. The van der Waals surface area contributed by atoms with Gasteiger partial charge in [-0.2, -0.15) is 0 Å². The van der Waals surface area contributed by atoms with E-state index in [9.17, 15) is 6.48 Å². The van der Waals surface area contributed by atoms with E-state index in [1.54, 1.807) is 38.4 Å². The lowest BCUT2D eigenvalue weighted by atomic mass is 9.86. The number of hydrogen-bond acceptors (Lipinski definition) is 4. The minimum Gasteiger partial charge on any atom is -0.386 e. The third-order valence-corrected chi connectivity index (χ3v) is 7.70. The fourth-order valence-electron chi connectivity index (χ4n) is 5.77. The summed E-state index contributed by atoms with van der Waals surface area (Å²) < 4.78 is 35.5. The fourth-order valence-corrected chi connectivity index (χ4v) is 5.77. The molecule has 5 aromatic rings. The number of nitrogens with zero attached hydrogens (tertiary/aromatic N) is 4. The summed E-state index contributed by atoms with van der Waals surface area (Å²) in [7, 11) is 1.95. The van der Waals surface area contributed by atoms with Crippen molar-refractivity contribution < 1.29 is 15.6 Å². The SMILES string of the molecule is [2H][C@@](c1ccccc1F)(C1CCOCC1)n1c2cc(C(C)(C)O)ccc2c2ncc(-c3c(C)ncn3C)cc21. The molecule has 7 heteroatoms. The summed E-state index contributed by atoms with van der Waals surface area (Å²) in [6, 6.07) is 12.9. The lowest BCUT2D eigenvalue weighted by Gasteiger charge is -2.33. The van der Waals surface area contributed by atoms with Crippen molar-refractivity contribution in [2.75, 3.05) is 13.2 Å². The van der Waals surface area contributed by atoms with Gasteiger partial charge in [-0.1, -0.05) is 30.3 Å². The Morgan fingerprint density at radius 2 is 1.87 bits per heavy atom. The van der Waals surface area contributed by atoms with Gasteiger partial charge >= 0.3 is 0 Å². The summed E-state index contributed by atoms with van der Waals surface area (Å²) in [4.78, 5) is 9.37. The van der Waals surface area contributed by atoms with Gasteiger partial charge in [0.2, 0.25) is 0 Å². The Kier molecular flexibility index (Phi) is 5.78. The highest BCUT2D eigenvalue weighted by Crippen LogP contribution is 2.42. The van der Waals surface area contributed by atoms with Crippen LogP contribution in [0, 0.1) is 18.7 Å². The topological polar surface area (TPSA) is 65.1 Å². The summed E-state index contributed by atoms with van der Waals surface area (Å²) in [6.07, 6.45) is 4.86. The Bertz CT molecular complexity index is 1680. The van der Waals surface area contributed by atoms with Gasteiger partial charge in [0.05, 0.1) is 47.3 Å². The second kappa shape index (κ2) is 9.33. The second-order valence-electron chi connectivity index (χ2n) is 10.8. The molecule has 196 valence electrons. The van der Waals surface area contributed by atoms with Crippen LogP contribution in [0.3, 0.4) is 0 Å². The number of aryl methyl sites for hydroxylation is 2. The third kappa shape index (κ3) is 4.10. The van der Waals surface area contributed by atoms with Gasteiger partial charge in [-0.25, -0.2) is 9.37 Å². The van der Waals surface area contributed by atoms with E-state index < -0.39 is 17.4 Å². The van der Waals surface area contributed by atoms with Gasteiger partial charge in [0.1, 0.15) is 5.82 Å². The zero-order chi connectivity index (χ0) is 27.5. The maximum absolute atomic E-state index is 15.7. The first-order valence-corrected chi connectivity index (χ1v) is 13.1. The zero-order valence-corrected chi connectivity index (χ0v) is 22.2. The molecule has 3 aromatic heterocycles. The number of aromatic nitrogens is 4. The molecule has 6 rings (SSSR count). The highest BCUT2D eigenvalue weighted by molar-refractivity contribution is 6.07. The molecule has 1 atom stereocenters. The first-order chi connectivity index (χ1) is 18.6. The average Bonchev–Trinajstić information content (AvgIpc) is 3.43. The van der Waals surface area contributed by atoms with Crippen LogP contribution in [-0.2, 0) is 17.4 Å². The molecule has 0 spiro atoms. The predicted molar refractivity (Wildman–Crippen MR) is 148 cm³/mol. The smallest absolute Gasteiger partial charge is 0.128 e. The minimum atomic E-state index is -1.49. The number of hydrogen-bond donors (Lipinski definition) is 1. The van der Waals surface area contributed by atoms with Gasteiger partial charge in [0, 0.05) is 43.0 Å². The number of ether oxygens (including phenoxy) is 1. The monoisotopic (exact) mass is 513 g/mol. The lowest BCUT2D eigenvalue weighted by molar-refractivity contribution is 0.0548. The Morgan fingerprint density at radius 3 is 2.55 bits per heavy atom. The normalized spacial score (nSPS) is 17.2. The van der Waals surface area contributed by atoms with Crippen molar-refractivity contribution in [2.45, 2.75) is 45.2 Å². The van der Waals surface area contributed by atoms with Crippen LogP contribution >= 0.6 is 0 Å². The van der Waals surface area contributed by atoms with Gasteiger partial charge in [-0.15, -0.1) is 0 Å². The molecule has 1 aliphatic rings. The Balaban J connectivity index is 1.76. The van der Waals surface area contributed by atoms with E-state index in [0.29, 0.717) is 37.2 Å². The van der Waals surface area contributed by atoms with E-state index in [2.05, 4.69) is 4.98 Å². The van der Waals surface area contributed by atoms with Crippen LogP contribution in [0.15, 0.2) is 61.1 Å². The second-order valence-corrected chi connectivity index (χ2v) is 10.8. The van der Waals surface area contributed by atoms with Gasteiger partial charge in [0.25, 0.3) is 0 Å². The maximum atomic E-state index is 15.7. The van der Waals surface area contributed by atoms with E-state index in [1.807, 2.05) is 53.6 Å². The molecular weight excluding hydrogens is 479 g/mol. The van der Waals surface area contributed by atoms with Crippen LogP contribution in [0.2, 0.25) is 0 Å². The summed E-state index contributed by atoms with van der Waals surface area (Å²) in [5, 5.41) is 11.8. The number of imidazole rings is 1. The van der Waals surface area contributed by atoms with Crippen LogP contribution in [0.4, 0.5) is 4.39 Å². The standard InChI is InChI=1S/C31H33FN4O2/c1-19-29(35(4)18-34-19)21-15-27-28(33-17-21)24-10-9-22(31(2,3)37)16-26(24)36(27)30(20-11-13-38-14-12-20)23-7-5-6-8-25(23)32/h5-10,15-18,20,30,37H,11-14H2,1-4H3/t30-/m0/s1/i30D. The van der Waals surface area contributed by atoms with E-state index in [1.165, 1.54) is 6.07 Å². The molecule has 6 nitrogen and oxygen atoms in total. The quantitative estimate of drug-likeness (QED) is 0.300. The first kappa shape index (κ1) is 23.6. The highest BCUT2D eigenvalue weighted by atomic mass is 19.1. The Labute approximate surface area is 223 Å². The molecule has 2 aromatic carbocycles. The largest absolute Gasteiger partial charge is 0.386 e. The summed E-state index contributed by atoms with van der Waals surface area (Å²) >= 11 is 0. The van der Waals surface area contributed by atoms with Crippen molar-refractivity contribution in [1.82, 2.24) is 19.1 Å². The van der Waals surface area contributed by atoms with Crippen molar-refractivity contribution in [3.63, 3.8) is 0 Å². The number of benzene rings is 2. The first-order valence-electron chi connectivity index (χ1n) is 13.6. The number of fused-ring (bicyclic) bond motifs is 3. The molecule has 1 N–H and O–H groups in total. The Hall–Kier alpha value is -3.55. The molecule has 0 bridgehead atoms. The molecule has 4 heterocycles. The summed E-state index contributed by atoms with van der Waals surface area (Å²) in [6.45, 7) is 6.48. The molecule has 0 amide bonds. The van der Waals surface area contributed by atoms with Gasteiger partial charge in [-0.05, 0) is 63.3 Å². The van der Waals surface area contributed by atoms with Crippen LogP contribution in [0.5, 0.6) is 0 Å². The molecule has 0 radical (unpaired) electrons. The van der Waals surface area contributed by atoms with Crippen LogP contribution in [0.25, 0.3) is 33.2 Å². The van der Waals surface area contributed by atoms with E-state index in [-0.39, 0.29) is 5.92 Å². The van der Waals surface area contributed by atoms with E-state index in [4.69, 9.17) is 9.72 Å². The average molecular weight is 514 g/mol. The van der Waals surface area contributed by atoms with Crippen molar-refractivity contribution in [3.8, 4) is 11.3 Å². The van der Waals surface area contributed by atoms with Crippen molar-refractivity contribution in [3.05, 3.63) is 83.7 Å². The molecule has 0 unspecified atom stereocenters. The summed E-state index contributed by atoms with van der Waals surface area (Å²) in [5.74, 6) is -0.630. The van der Waals surface area contributed by atoms with Gasteiger partial charge in [0.15, 0.2) is 0 Å². The van der Waals surface area contributed by atoms with Crippen molar-refractivity contribution >= 4 is 21.9 Å². The van der Waals surface area contributed by atoms with Crippen LogP contribution < -0.4 is 0 Å². The molecular formula is C31H33FN4O2. The minimum absolute atomic E-state index is 0.213. The van der Waals surface area contributed by atoms with E-state index >= 15 is 4.39 Å². The molecule has 0 saturated carbocycles. The molecule has 1 saturated heterocycles. The number of pyridine rings is 1. The predicted octanol–water partition coefficient (Wildman–Crippen LogP) is 6.28. The van der Waals surface area contributed by atoms with Crippen molar-refractivity contribution in [2.24, 2.45) is 13.0 Å². The molecule has 1 fully saturated rings. The molecule has 38 heavy (non-hydrogen) atoms. The maximum Gasteiger partial charge on any atom is 0.128 e. The zero-order valence-electron chi connectivity index (χ0n) is 23.2. The van der Waals surface area contributed by atoms with E-state index in [0.717, 1.165) is 38.9 Å². The van der Waals surface area contributed by atoms with Crippen LogP contribution in [-0.4, -0.2) is 37.4 Å². The number of aliphatic hydroxyl groups is 1. The molecule has 0 aliphatic carbocycles. The van der Waals surface area contributed by atoms with Crippen LogP contribution in [0.1, 0.15) is 50.9 Å². The third-order valence-electron chi connectivity index (χ3n) is 7.70. The summed E-state index contributed by atoms with van der Waals surface area (Å²) in [5.41, 5.74) is 4.82. The van der Waals surface area contributed by atoms with Crippen molar-refractivity contribution in [1.29, 1.82) is 0 Å². The lowest BCUT2D eigenvalue weighted by Crippen LogP contribution is -2.27. The highest BCUT2D eigenvalue weighted by Gasteiger charge is 2.32. The fraction of sp³-hybridized carbons (Fsp3) is 0.355. The number of halogens is 1.